The molecule has 0 aliphatic rings. The number of amides is 5. The first-order chi connectivity index (χ1) is 18.9. The van der Waals surface area contributed by atoms with Gasteiger partial charge >= 0.3 is 0 Å². The SMILES string of the molecule is CC(C)C[C@H](NC(=O)[C@H](Cc1ccccc1)NC(=O)CNC(=O)CNC(=O)[C@@H](N)Cc1ccc(F)cc1)C(N)=O. The number of benzene rings is 2. The zero-order valence-corrected chi connectivity index (χ0v) is 22.6. The molecule has 0 saturated carbocycles. The zero-order valence-electron chi connectivity index (χ0n) is 22.6. The molecule has 2 aromatic carbocycles. The van der Waals surface area contributed by atoms with E-state index in [1.807, 2.05) is 19.9 Å². The second-order valence-corrected chi connectivity index (χ2v) is 9.83. The van der Waals surface area contributed by atoms with E-state index in [9.17, 15) is 28.4 Å². The molecule has 0 spiro atoms. The molecule has 216 valence electrons. The summed E-state index contributed by atoms with van der Waals surface area (Å²) in [4.78, 5) is 61.8. The highest BCUT2D eigenvalue weighted by Crippen LogP contribution is 2.08. The molecule has 0 aliphatic heterocycles. The van der Waals surface area contributed by atoms with Gasteiger partial charge in [-0.3, -0.25) is 24.0 Å². The normalized spacial score (nSPS) is 13.0. The molecule has 12 heteroatoms. The van der Waals surface area contributed by atoms with Gasteiger partial charge in [0.2, 0.25) is 29.5 Å². The number of rotatable bonds is 15. The Kier molecular flexibility index (Phi) is 12.7. The van der Waals surface area contributed by atoms with Crippen molar-refractivity contribution in [2.24, 2.45) is 17.4 Å². The maximum Gasteiger partial charge on any atom is 0.243 e. The van der Waals surface area contributed by atoms with Gasteiger partial charge < -0.3 is 32.7 Å². The van der Waals surface area contributed by atoms with Gasteiger partial charge in [-0.2, -0.15) is 0 Å². The Hall–Kier alpha value is -4.32. The number of carbonyl (C=O) groups is 5. The van der Waals surface area contributed by atoms with Crippen molar-refractivity contribution in [3.05, 3.63) is 71.5 Å². The molecular weight excluding hydrogens is 519 g/mol. The summed E-state index contributed by atoms with van der Waals surface area (Å²) in [5.41, 5.74) is 12.7. The van der Waals surface area contributed by atoms with E-state index in [1.54, 1.807) is 24.3 Å². The van der Waals surface area contributed by atoms with Gasteiger partial charge in [0.1, 0.15) is 17.9 Å². The lowest BCUT2D eigenvalue weighted by molar-refractivity contribution is -0.132. The number of hydrogen-bond donors (Lipinski definition) is 6. The van der Waals surface area contributed by atoms with Crippen molar-refractivity contribution in [3.8, 4) is 0 Å². The maximum absolute atomic E-state index is 13.0. The molecule has 8 N–H and O–H groups in total. The summed E-state index contributed by atoms with van der Waals surface area (Å²) in [7, 11) is 0. The summed E-state index contributed by atoms with van der Waals surface area (Å²) < 4.78 is 13.0. The predicted octanol–water partition coefficient (Wildman–Crippen LogP) is -0.328. The second-order valence-electron chi connectivity index (χ2n) is 9.83. The molecule has 0 heterocycles. The Labute approximate surface area is 232 Å². The molecule has 0 unspecified atom stereocenters. The quantitative estimate of drug-likeness (QED) is 0.174. The number of hydrogen-bond acceptors (Lipinski definition) is 6. The van der Waals surface area contributed by atoms with Gasteiger partial charge in [-0.05, 0) is 42.0 Å². The summed E-state index contributed by atoms with van der Waals surface area (Å²) in [6.45, 7) is 2.89. The van der Waals surface area contributed by atoms with Crippen LogP contribution in [0.2, 0.25) is 0 Å². The largest absolute Gasteiger partial charge is 0.368 e. The van der Waals surface area contributed by atoms with E-state index in [2.05, 4.69) is 21.3 Å². The van der Waals surface area contributed by atoms with E-state index in [0.717, 1.165) is 5.56 Å². The number of nitrogens with one attached hydrogen (secondary N) is 4. The van der Waals surface area contributed by atoms with Crippen LogP contribution in [0.1, 0.15) is 31.4 Å². The summed E-state index contributed by atoms with van der Waals surface area (Å²) >= 11 is 0. The number of primary amides is 1. The van der Waals surface area contributed by atoms with Crippen LogP contribution in [0, 0.1) is 11.7 Å². The van der Waals surface area contributed by atoms with Crippen LogP contribution in [-0.4, -0.2) is 60.8 Å². The summed E-state index contributed by atoms with van der Waals surface area (Å²) in [6, 6.07) is 11.6. The van der Waals surface area contributed by atoms with Crippen LogP contribution in [-0.2, 0) is 36.8 Å². The second kappa shape index (κ2) is 15.9. The van der Waals surface area contributed by atoms with Crippen molar-refractivity contribution in [2.75, 3.05) is 13.1 Å². The molecule has 0 radical (unpaired) electrons. The molecule has 40 heavy (non-hydrogen) atoms. The minimum Gasteiger partial charge on any atom is -0.368 e. The van der Waals surface area contributed by atoms with Gasteiger partial charge in [0.05, 0.1) is 19.1 Å². The molecule has 0 aromatic heterocycles. The van der Waals surface area contributed by atoms with E-state index in [-0.39, 0.29) is 18.8 Å². The first-order valence-corrected chi connectivity index (χ1v) is 12.9. The summed E-state index contributed by atoms with van der Waals surface area (Å²) in [6.07, 6.45) is 0.624. The van der Waals surface area contributed by atoms with E-state index in [1.165, 1.54) is 24.3 Å². The molecule has 0 fully saturated rings. The van der Waals surface area contributed by atoms with Crippen molar-refractivity contribution in [1.82, 2.24) is 21.3 Å². The van der Waals surface area contributed by atoms with Crippen LogP contribution in [0.4, 0.5) is 4.39 Å². The van der Waals surface area contributed by atoms with E-state index in [4.69, 9.17) is 11.5 Å². The minimum absolute atomic E-state index is 0.0909. The Morgan fingerprint density at radius 2 is 1.35 bits per heavy atom. The van der Waals surface area contributed by atoms with Crippen LogP contribution in [0.3, 0.4) is 0 Å². The molecule has 0 saturated heterocycles. The highest BCUT2D eigenvalue weighted by molar-refractivity contribution is 5.93. The van der Waals surface area contributed by atoms with Crippen molar-refractivity contribution < 1.29 is 28.4 Å². The molecular formula is C28H37FN6O5. The lowest BCUT2D eigenvalue weighted by Crippen LogP contribution is -2.55. The molecule has 5 amide bonds. The lowest BCUT2D eigenvalue weighted by Gasteiger charge is -2.23. The Bertz CT molecular complexity index is 1160. The van der Waals surface area contributed by atoms with Crippen LogP contribution in [0.25, 0.3) is 0 Å². The fraction of sp³-hybridized carbons (Fsp3) is 0.393. The Morgan fingerprint density at radius 3 is 1.95 bits per heavy atom. The van der Waals surface area contributed by atoms with E-state index >= 15 is 0 Å². The third-order valence-electron chi connectivity index (χ3n) is 5.88. The van der Waals surface area contributed by atoms with Crippen LogP contribution >= 0.6 is 0 Å². The minimum atomic E-state index is -1.04. The summed E-state index contributed by atoms with van der Waals surface area (Å²) in [5, 5.41) is 9.95. The smallest absolute Gasteiger partial charge is 0.243 e. The first-order valence-electron chi connectivity index (χ1n) is 12.9. The maximum atomic E-state index is 13.0. The van der Waals surface area contributed by atoms with E-state index in [0.29, 0.717) is 12.0 Å². The van der Waals surface area contributed by atoms with Crippen molar-refractivity contribution in [1.29, 1.82) is 0 Å². The Balaban J connectivity index is 1.88. The molecule has 0 aliphatic carbocycles. The Morgan fingerprint density at radius 1 is 0.750 bits per heavy atom. The fourth-order valence-corrected chi connectivity index (χ4v) is 3.80. The molecule has 11 nitrogen and oxygen atoms in total. The standard InChI is InChI=1S/C28H37FN6O5/c1-17(2)12-22(26(31)38)35-28(40)23(14-18-6-4-3-5-7-18)34-25(37)16-32-24(36)15-33-27(39)21(30)13-19-8-10-20(29)11-9-19/h3-11,17,21-23H,12-16,30H2,1-2H3,(H2,31,38)(H,32,36)(H,33,39)(H,34,37)(H,35,40)/t21-,22-,23-/m0/s1. The van der Waals surface area contributed by atoms with Crippen molar-refractivity contribution in [3.63, 3.8) is 0 Å². The van der Waals surface area contributed by atoms with Gasteiger partial charge in [0, 0.05) is 6.42 Å². The first kappa shape index (κ1) is 31.9. The third kappa shape index (κ3) is 11.6. The van der Waals surface area contributed by atoms with Crippen LogP contribution in [0.15, 0.2) is 54.6 Å². The number of halogens is 1. The van der Waals surface area contributed by atoms with Crippen molar-refractivity contribution >= 4 is 29.5 Å². The highest BCUT2D eigenvalue weighted by atomic mass is 19.1. The molecule has 0 bridgehead atoms. The van der Waals surface area contributed by atoms with Crippen molar-refractivity contribution in [2.45, 2.75) is 51.2 Å². The third-order valence-corrected chi connectivity index (χ3v) is 5.88. The van der Waals surface area contributed by atoms with Gasteiger partial charge in [-0.25, -0.2) is 4.39 Å². The van der Waals surface area contributed by atoms with Crippen LogP contribution < -0.4 is 32.7 Å². The fourth-order valence-electron chi connectivity index (χ4n) is 3.80. The average Bonchev–Trinajstić information content (AvgIpc) is 2.91. The lowest BCUT2D eigenvalue weighted by atomic mass is 10.0. The average molecular weight is 557 g/mol. The van der Waals surface area contributed by atoms with Gasteiger partial charge in [-0.15, -0.1) is 0 Å². The van der Waals surface area contributed by atoms with E-state index < -0.39 is 66.6 Å². The highest BCUT2D eigenvalue weighted by Gasteiger charge is 2.26. The monoisotopic (exact) mass is 556 g/mol. The molecule has 2 aromatic rings. The van der Waals surface area contributed by atoms with Crippen LogP contribution in [0.5, 0.6) is 0 Å². The van der Waals surface area contributed by atoms with Gasteiger partial charge in [0.25, 0.3) is 0 Å². The predicted molar refractivity (Wildman–Crippen MR) is 147 cm³/mol. The van der Waals surface area contributed by atoms with Gasteiger partial charge in [0.15, 0.2) is 0 Å². The van der Waals surface area contributed by atoms with Gasteiger partial charge in [-0.1, -0.05) is 56.3 Å². The molecule has 2 rings (SSSR count). The zero-order chi connectivity index (χ0) is 29.7. The topological polar surface area (TPSA) is 186 Å². The number of carbonyl (C=O) groups excluding carboxylic acids is 5. The number of nitrogens with two attached hydrogens (primary N) is 2. The summed E-state index contributed by atoms with van der Waals surface area (Å²) in [5.74, 6) is -3.47. The molecule has 3 atom stereocenters.